The lowest BCUT2D eigenvalue weighted by Crippen LogP contribution is -2.42. The molecule has 0 unspecified atom stereocenters. The number of hydrogen-bond acceptors (Lipinski definition) is 3. The Morgan fingerprint density at radius 2 is 1.48 bits per heavy atom. The standard InChI is InChI=1S/C17H15FN2O2.ClH/c18-15-8-4-1-5-11(15)9-12(19)10-20-16(21)13-6-2-3-7-14(13)17(20)22;/h1-8,12H,9-10,19H2;1H/t12-;/m0./s1. The van der Waals surface area contributed by atoms with E-state index in [0.717, 1.165) is 4.90 Å². The van der Waals surface area contributed by atoms with Crippen LogP contribution < -0.4 is 5.73 Å². The van der Waals surface area contributed by atoms with E-state index in [1.54, 1.807) is 42.5 Å². The fraction of sp³-hybridized carbons (Fsp3) is 0.176. The Morgan fingerprint density at radius 3 is 2.04 bits per heavy atom. The van der Waals surface area contributed by atoms with E-state index in [4.69, 9.17) is 5.73 Å². The van der Waals surface area contributed by atoms with E-state index in [1.165, 1.54) is 6.07 Å². The van der Waals surface area contributed by atoms with E-state index in [1.807, 2.05) is 0 Å². The molecule has 0 saturated carbocycles. The van der Waals surface area contributed by atoms with Gasteiger partial charge in [-0.1, -0.05) is 30.3 Å². The summed E-state index contributed by atoms with van der Waals surface area (Å²) in [4.78, 5) is 25.6. The molecule has 23 heavy (non-hydrogen) atoms. The number of nitrogens with two attached hydrogens (primary N) is 1. The Labute approximate surface area is 139 Å². The van der Waals surface area contributed by atoms with E-state index in [0.29, 0.717) is 16.7 Å². The first-order valence-corrected chi connectivity index (χ1v) is 7.02. The molecule has 6 heteroatoms. The van der Waals surface area contributed by atoms with Crippen molar-refractivity contribution in [3.8, 4) is 0 Å². The molecule has 0 aromatic heterocycles. The average Bonchev–Trinajstić information content (AvgIpc) is 2.75. The summed E-state index contributed by atoms with van der Waals surface area (Å²) < 4.78 is 13.6. The number of amides is 2. The van der Waals surface area contributed by atoms with E-state index in [9.17, 15) is 14.0 Å². The van der Waals surface area contributed by atoms with Gasteiger partial charge < -0.3 is 5.73 Å². The number of halogens is 2. The van der Waals surface area contributed by atoms with Gasteiger partial charge in [-0.25, -0.2) is 4.39 Å². The summed E-state index contributed by atoms with van der Waals surface area (Å²) in [6.45, 7) is 0.0701. The third kappa shape index (κ3) is 3.25. The maximum atomic E-state index is 13.6. The maximum absolute atomic E-state index is 13.6. The van der Waals surface area contributed by atoms with Crippen molar-refractivity contribution in [1.82, 2.24) is 4.90 Å². The van der Waals surface area contributed by atoms with Crippen LogP contribution in [0.5, 0.6) is 0 Å². The van der Waals surface area contributed by atoms with Gasteiger partial charge >= 0.3 is 0 Å². The fourth-order valence-electron chi connectivity index (χ4n) is 2.65. The van der Waals surface area contributed by atoms with Gasteiger partial charge in [0.15, 0.2) is 0 Å². The molecular formula is C17H16ClFN2O2. The van der Waals surface area contributed by atoms with Crippen molar-refractivity contribution in [3.63, 3.8) is 0 Å². The second-order valence-corrected chi connectivity index (χ2v) is 5.32. The number of fused-ring (bicyclic) bond motifs is 1. The maximum Gasteiger partial charge on any atom is 0.261 e. The lowest BCUT2D eigenvalue weighted by Gasteiger charge is -2.19. The van der Waals surface area contributed by atoms with Gasteiger partial charge in [-0.15, -0.1) is 12.4 Å². The minimum absolute atomic E-state index is 0. The summed E-state index contributed by atoms with van der Waals surface area (Å²) in [6, 6.07) is 12.5. The SMILES string of the molecule is Cl.N[C@@H](Cc1ccccc1F)CN1C(=O)c2ccccc2C1=O. The zero-order valence-electron chi connectivity index (χ0n) is 12.2. The Kier molecular flexibility index (Phi) is 5.13. The highest BCUT2D eigenvalue weighted by atomic mass is 35.5. The number of imide groups is 1. The first-order chi connectivity index (χ1) is 10.6. The molecule has 2 N–H and O–H groups in total. The molecule has 0 radical (unpaired) electrons. The second kappa shape index (κ2) is 6.89. The first-order valence-electron chi connectivity index (χ1n) is 7.02. The summed E-state index contributed by atoms with van der Waals surface area (Å²) in [6.07, 6.45) is 0.264. The highest BCUT2D eigenvalue weighted by molar-refractivity contribution is 6.21. The molecule has 3 rings (SSSR count). The molecule has 0 bridgehead atoms. The molecule has 1 atom stereocenters. The molecule has 0 fully saturated rings. The van der Waals surface area contributed by atoms with Crippen LogP contribution >= 0.6 is 12.4 Å². The van der Waals surface area contributed by atoms with Crippen LogP contribution in [0.25, 0.3) is 0 Å². The van der Waals surface area contributed by atoms with Crippen molar-refractivity contribution in [2.75, 3.05) is 6.54 Å². The highest BCUT2D eigenvalue weighted by Gasteiger charge is 2.35. The van der Waals surface area contributed by atoms with Gasteiger partial charge in [0.1, 0.15) is 5.82 Å². The van der Waals surface area contributed by atoms with Crippen LogP contribution in [0.15, 0.2) is 48.5 Å². The molecule has 120 valence electrons. The fourth-order valence-corrected chi connectivity index (χ4v) is 2.65. The quantitative estimate of drug-likeness (QED) is 0.873. The zero-order valence-corrected chi connectivity index (χ0v) is 13.1. The van der Waals surface area contributed by atoms with Gasteiger partial charge in [0.2, 0.25) is 0 Å². The molecule has 1 heterocycles. The van der Waals surface area contributed by atoms with Crippen LogP contribution in [-0.4, -0.2) is 29.3 Å². The van der Waals surface area contributed by atoms with Crippen molar-refractivity contribution >= 4 is 24.2 Å². The van der Waals surface area contributed by atoms with Crippen LogP contribution in [0.2, 0.25) is 0 Å². The predicted octanol–water partition coefficient (Wildman–Crippen LogP) is 2.41. The minimum Gasteiger partial charge on any atom is -0.326 e. The van der Waals surface area contributed by atoms with E-state index in [-0.39, 0.29) is 43.0 Å². The van der Waals surface area contributed by atoms with Crippen LogP contribution in [-0.2, 0) is 6.42 Å². The van der Waals surface area contributed by atoms with Crippen LogP contribution in [0.3, 0.4) is 0 Å². The molecule has 1 aliphatic heterocycles. The first kappa shape index (κ1) is 17.1. The Bertz CT molecular complexity index is 716. The summed E-state index contributed by atoms with van der Waals surface area (Å²) >= 11 is 0. The van der Waals surface area contributed by atoms with Crippen molar-refractivity contribution in [3.05, 3.63) is 71.0 Å². The second-order valence-electron chi connectivity index (χ2n) is 5.32. The van der Waals surface area contributed by atoms with E-state index < -0.39 is 6.04 Å². The summed E-state index contributed by atoms with van der Waals surface area (Å²) in [5.41, 5.74) is 7.27. The van der Waals surface area contributed by atoms with E-state index in [2.05, 4.69) is 0 Å². The Balaban J connectivity index is 0.00000192. The van der Waals surface area contributed by atoms with Crippen LogP contribution in [0, 0.1) is 5.82 Å². The van der Waals surface area contributed by atoms with Gasteiger partial charge in [-0.05, 0) is 30.2 Å². The van der Waals surface area contributed by atoms with Crippen molar-refractivity contribution in [1.29, 1.82) is 0 Å². The number of rotatable bonds is 4. The lowest BCUT2D eigenvalue weighted by molar-refractivity contribution is 0.0644. The zero-order chi connectivity index (χ0) is 15.7. The molecule has 0 saturated heterocycles. The topological polar surface area (TPSA) is 63.4 Å². The summed E-state index contributed by atoms with van der Waals surface area (Å²) in [5.74, 6) is -1.02. The molecule has 0 aliphatic carbocycles. The van der Waals surface area contributed by atoms with Crippen molar-refractivity contribution in [2.24, 2.45) is 5.73 Å². The summed E-state index contributed by atoms with van der Waals surface area (Å²) in [5, 5.41) is 0. The molecule has 2 aromatic carbocycles. The summed E-state index contributed by atoms with van der Waals surface area (Å²) in [7, 11) is 0. The minimum atomic E-state index is -0.515. The van der Waals surface area contributed by atoms with Crippen LogP contribution in [0.4, 0.5) is 4.39 Å². The smallest absolute Gasteiger partial charge is 0.261 e. The van der Waals surface area contributed by atoms with Gasteiger partial charge in [-0.3, -0.25) is 14.5 Å². The number of carbonyl (C=O) groups is 2. The predicted molar refractivity (Wildman–Crippen MR) is 87.1 cm³/mol. The van der Waals surface area contributed by atoms with Gasteiger partial charge in [0.25, 0.3) is 11.8 Å². The van der Waals surface area contributed by atoms with Crippen molar-refractivity contribution in [2.45, 2.75) is 12.5 Å². The molecular weight excluding hydrogens is 319 g/mol. The number of nitrogens with zero attached hydrogens (tertiary/aromatic N) is 1. The molecule has 2 amide bonds. The number of hydrogen-bond donors (Lipinski definition) is 1. The average molecular weight is 335 g/mol. The number of carbonyl (C=O) groups excluding carboxylic acids is 2. The Hall–Kier alpha value is -2.24. The Morgan fingerprint density at radius 1 is 0.957 bits per heavy atom. The number of benzene rings is 2. The monoisotopic (exact) mass is 334 g/mol. The molecule has 4 nitrogen and oxygen atoms in total. The largest absolute Gasteiger partial charge is 0.326 e. The normalized spacial score (nSPS) is 14.4. The van der Waals surface area contributed by atoms with Crippen molar-refractivity contribution < 1.29 is 14.0 Å². The van der Waals surface area contributed by atoms with E-state index >= 15 is 0 Å². The highest BCUT2D eigenvalue weighted by Crippen LogP contribution is 2.22. The van der Waals surface area contributed by atoms with Gasteiger partial charge in [0, 0.05) is 12.6 Å². The van der Waals surface area contributed by atoms with Gasteiger partial charge in [0.05, 0.1) is 11.1 Å². The third-order valence-electron chi connectivity index (χ3n) is 3.74. The third-order valence-corrected chi connectivity index (χ3v) is 3.74. The molecule has 1 aliphatic rings. The molecule has 0 spiro atoms. The molecule has 2 aromatic rings. The van der Waals surface area contributed by atoms with Gasteiger partial charge in [-0.2, -0.15) is 0 Å². The lowest BCUT2D eigenvalue weighted by atomic mass is 10.1. The van der Waals surface area contributed by atoms with Crippen LogP contribution in [0.1, 0.15) is 26.3 Å².